The first kappa shape index (κ1) is 17.0. The van der Waals surface area contributed by atoms with Crippen molar-refractivity contribution < 1.29 is 19.8 Å². The number of carbonyl (C=O) groups is 2. The Labute approximate surface area is 135 Å². The fraction of sp³-hybridized carbons (Fsp3) is 0.333. The van der Waals surface area contributed by atoms with E-state index in [1.807, 2.05) is 42.5 Å². The molecule has 2 rings (SSSR count). The van der Waals surface area contributed by atoms with Gasteiger partial charge in [0.1, 0.15) is 0 Å². The number of aliphatic hydroxyl groups excluding tert-OH is 1. The van der Waals surface area contributed by atoms with Crippen LogP contribution in [0.25, 0.3) is 10.8 Å². The van der Waals surface area contributed by atoms with Gasteiger partial charge in [0.2, 0.25) is 5.91 Å². The van der Waals surface area contributed by atoms with Crippen molar-refractivity contribution in [3.63, 3.8) is 0 Å². The summed E-state index contributed by atoms with van der Waals surface area (Å²) in [5, 5.41) is 20.4. The Morgan fingerprint density at radius 3 is 2.52 bits per heavy atom. The number of likely N-dealkylation sites (N-methyl/N-ethyl adjacent to an activating group) is 1. The van der Waals surface area contributed by atoms with E-state index in [1.54, 1.807) is 7.05 Å². The van der Waals surface area contributed by atoms with Crippen molar-refractivity contribution in [2.45, 2.75) is 12.8 Å². The summed E-state index contributed by atoms with van der Waals surface area (Å²) in [7, 11) is 1.56. The molecule has 1 atom stereocenters. The topological polar surface area (TPSA) is 77.8 Å². The summed E-state index contributed by atoms with van der Waals surface area (Å²) < 4.78 is 0. The van der Waals surface area contributed by atoms with Gasteiger partial charge >= 0.3 is 5.97 Å². The van der Waals surface area contributed by atoms with E-state index in [0.717, 1.165) is 16.3 Å². The number of aliphatic hydroxyl groups is 1. The number of rotatable bonds is 7. The average molecular weight is 315 g/mol. The van der Waals surface area contributed by atoms with E-state index in [1.165, 1.54) is 4.90 Å². The van der Waals surface area contributed by atoms with Crippen LogP contribution >= 0.6 is 0 Å². The average Bonchev–Trinajstić information content (AvgIpc) is 2.54. The Hall–Kier alpha value is -2.40. The van der Waals surface area contributed by atoms with Crippen LogP contribution in [0.1, 0.15) is 12.0 Å². The van der Waals surface area contributed by atoms with Gasteiger partial charge in [-0.25, -0.2) is 0 Å². The third kappa shape index (κ3) is 4.29. The first-order chi connectivity index (χ1) is 11.0. The van der Waals surface area contributed by atoms with Crippen molar-refractivity contribution in [2.24, 2.45) is 5.92 Å². The molecule has 0 bridgehead atoms. The Morgan fingerprint density at radius 2 is 1.83 bits per heavy atom. The number of aliphatic carboxylic acids is 1. The van der Waals surface area contributed by atoms with Gasteiger partial charge in [0.25, 0.3) is 0 Å². The zero-order chi connectivity index (χ0) is 16.8. The second kappa shape index (κ2) is 7.74. The highest BCUT2D eigenvalue weighted by atomic mass is 16.4. The lowest BCUT2D eigenvalue weighted by Crippen LogP contribution is -2.33. The number of carboxylic acid groups (broad SMARTS) is 1. The van der Waals surface area contributed by atoms with E-state index in [0.29, 0.717) is 6.42 Å². The number of fused-ring (bicyclic) bond motifs is 1. The molecular weight excluding hydrogens is 294 g/mol. The van der Waals surface area contributed by atoms with Gasteiger partial charge in [-0.2, -0.15) is 0 Å². The van der Waals surface area contributed by atoms with Crippen LogP contribution in [0.15, 0.2) is 42.5 Å². The van der Waals surface area contributed by atoms with E-state index in [9.17, 15) is 14.7 Å². The summed E-state index contributed by atoms with van der Waals surface area (Å²) in [6.07, 6.45) is 0.227. The van der Waals surface area contributed by atoms with Crippen LogP contribution in [-0.2, 0) is 16.0 Å². The highest BCUT2D eigenvalue weighted by Gasteiger charge is 2.24. The van der Waals surface area contributed by atoms with Gasteiger partial charge in [-0.1, -0.05) is 42.5 Å². The SMILES string of the molecule is CN(CCO)C(=O)CC(Cc1cccc2ccccc12)C(=O)O. The Balaban J connectivity index is 2.19. The first-order valence-electron chi connectivity index (χ1n) is 7.57. The lowest BCUT2D eigenvalue weighted by atomic mass is 9.92. The van der Waals surface area contributed by atoms with Crippen molar-refractivity contribution in [2.75, 3.05) is 20.2 Å². The molecule has 0 saturated heterocycles. The van der Waals surface area contributed by atoms with E-state index in [2.05, 4.69) is 0 Å². The van der Waals surface area contributed by atoms with Crippen LogP contribution in [-0.4, -0.2) is 47.2 Å². The van der Waals surface area contributed by atoms with Crippen LogP contribution in [0.5, 0.6) is 0 Å². The molecule has 0 aliphatic rings. The lowest BCUT2D eigenvalue weighted by molar-refractivity contribution is -0.145. The maximum absolute atomic E-state index is 12.1. The molecule has 23 heavy (non-hydrogen) atoms. The predicted molar refractivity (Wildman–Crippen MR) is 88.1 cm³/mol. The number of hydrogen-bond donors (Lipinski definition) is 2. The molecule has 0 saturated carbocycles. The first-order valence-corrected chi connectivity index (χ1v) is 7.57. The van der Waals surface area contributed by atoms with Crippen molar-refractivity contribution in [1.82, 2.24) is 4.90 Å². The molecule has 0 aromatic heterocycles. The lowest BCUT2D eigenvalue weighted by Gasteiger charge is -2.19. The Bertz CT molecular complexity index is 693. The molecule has 5 heteroatoms. The van der Waals surface area contributed by atoms with Gasteiger partial charge in [0, 0.05) is 20.0 Å². The molecule has 0 aliphatic carbocycles. The number of amides is 1. The minimum atomic E-state index is -0.983. The van der Waals surface area contributed by atoms with E-state index < -0.39 is 11.9 Å². The second-order valence-corrected chi connectivity index (χ2v) is 5.62. The van der Waals surface area contributed by atoms with Crippen molar-refractivity contribution >= 4 is 22.6 Å². The van der Waals surface area contributed by atoms with Crippen LogP contribution in [0.2, 0.25) is 0 Å². The standard InChI is InChI=1S/C18H21NO4/c1-19(9-10-20)17(21)12-15(18(22)23)11-14-7-4-6-13-5-2-3-8-16(13)14/h2-8,15,20H,9-12H2,1H3,(H,22,23). The Kier molecular flexibility index (Phi) is 5.71. The molecule has 2 aromatic carbocycles. The van der Waals surface area contributed by atoms with Crippen molar-refractivity contribution in [3.05, 3.63) is 48.0 Å². The van der Waals surface area contributed by atoms with Gasteiger partial charge in [-0.15, -0.1) is 0 Å². The van der Waals surface area contributed by atoms with Gasteiger partial charge < -0.3 is 15.1 Å². The smallest absolute Gasteiger partial charge is 0.307 e. The summed E-state index contributed by atoms with van der Waals surface area (Å²) >= 11 is 0. The molecule has 2 aromatic rings. The zero-order valence-electron chi connectivity index (χ0n) is 13.1. The molecular formula is C18H21NO4. The van der Waals surface area contributed by atoms with Gasteiger partial charge in [-0.3, -0.25) is 9.59 Å². The predicted octanol–water partition coefficient (Wildman–Crippen LogP) is 1.92. The van der Waals surface area contributed by atoms with Crippen molar-refractivity contribution in [1.29, 1.82) is 0 Å². The molecule has 0 heterocycles. The van der Waals surface area contributed by atoms with Crippen LogP contribution < -0.4 is 0 Å². The number of nitrogens with zero attached hydrogens (tertiary/aromatic N) is 1. The minimum absolute atomic E-state index is 0.0744. The molecule has 122 valence electrons. The maximum atomic E-state index is 12.1. The molecule has 1 amide bonds. The summed E-state index contributed by atoms with van der Waals surface area (Å²) in [5.74, 6) is -2.04. The van der Waals surface area contributed by atoms with E-state index in [-0.39, 0.29) is 25.5 Å². The quantitative estimate of drug-likeness (QED) is 0.818. The summed E-state index contributed by atoms with van der Waals surface area (Å²) in [5.41, 5.74) is 0.924. The van der Waals surface area contributed by atoms with Gasteiger partial charge in [0.05, 0.1) is 12.5 Å². The molecule has 0 radical (unpaired) electrons. The summed E-state index contributed by atoms with van der Waals surface area (Å²) in [6, 6.07) is 13.6. The summed E-state index contributed by atoms with van der Waals surface area (Å²) in [6.45, 7) is 0.0722. The number of carboxylic acids is 1. The van der Waals surface area contributed by atoms with E-state index >= 15 is 0 Å². The molecule has 5 nitrogen and oxygen atoms in total. The van der Waals surface area contributed by atoms with Crippen molar-refractivity contribution in [3.8, 4) is 0 Å². The largest absolute Gasteiger partial charge is 0.481 e. The molecule has 0 spiro atoms. The number of hydrogen-bond acceptors (Lipinski definition) is 3. The normalized spacial score (nSPS) is 12.1. The maximum Gasteiger partial charge on any atom is 0.307 e. The van der Waals surface area contributed by atoms with Crippen LogP contribution in [0, 0.1) is 5.92 Å². The summed E-state index contributed by atoms with van der Waals surface area (Å²) in [4.78, 5) is 24.9. The fourth-order valence-corrected chi connectivity index (χ4v) is 2.62. The molecule has 2 N–H and O–H groups in total. The molecule has 0 aliphatic heterocycles. The fourth-order valence-electron chi connectivity index (χ4n) is 2.62. The highest BCUT2D eigenvalue weighted by Crippen LogP contribution is 2.23. The van der Waals surface area contributed by atoms with Crippen LogP contribution in [0.3, 0.4) is 0 Å². The van der Waals surface area contributed by atoms with Gasteiger partial charge in [0.15, 0.2) is 0 Å². The van der Waals surface area contributed by atoms with Gasteiger partial charge in [-0.05, 0) is 22.8 Å². The van der Waals surface area contributed by atoms with E-state index in [4.69, 9.17) is 5.11 Å². The zero-order valence-corrected chi connectivity index (χ0v) is 13.1. The second-order valence-electron chi connectivity index (χ2n) is 5.62. The molecule has 0 fully saturated rings. The minimum Gasteiger partial charge on any atom is -0.481 e. The number of carbonyl (C=O) groups excluding carboxylic acids is 1. The number of benzene rings is 2. The Morgan fingerprint density at radius 1 is 1.13 bits per heavy atom. The monoisotopic (exact) mass is 315 g/mol. The third-order valence-corrected chi connectivity index (χ3v) is 3.98. The van der Waals surface area contributed by atoms with Crippen LogP contribution in [0.4, 0.5) is 0 Å². The highest BCUT2D eigenvalue weighted by molar-refractivity contribution is 5.87. The molecule has 1 unspecified atom stereocenters. The third-order valence-electron chi connectivity index (χ3n) is 3.98.